The first kappa shape index (κ1) is 18.6. The Kier molecular flexibility index (Phi) is 6.70. The first-order chi connectivity index (χ1) is 12.2. The number of ether oxygens (including phenoxy) is 1. The zero-order valence-corrected chi connectivity index (χ0v) is 15.6. The number of piperidine rings is 1. The maximum absolute atomic E-state index is 12.9. The summed E-state index contributed by atoms with van der Waals surface area (Å²) in [5, 5.41) is 0. The van der Waals surface area contributed by atoms with Gasteiger partial charge in [0.15, 0.2) is 0 Å². The number of carbonyl (C=O) groups excluding carboxylic acids is 2. The fraction of sp³-hybridized carbons (Fsp3) is 0.895. The molecule has 0 aromatic carbocycles. The molecule has 0 aromatic rings. The van der Waals surface area contributed by atoms with E-state index in [-0.39, 0.29) is 17.7 Å². The Morgan fingerprint density at radius 3 is 2.48 bits per heavy atom. The van der Waals surface area contributed by atoms with Gasteiger partial charge in [-0.2, -0.15) is 0 Å². The number of carbonyl (C=O) groups is 2. The molecule has 0 bridgehead atoms. The van der Waals surface area contributed by atoms with Gasteiger partial charge >= 0.3 is 0 Å². The molecule has 25 heavy (non-hydrogen) atoms. The molecule has 3 fully saturated rings. The van der Waals surface area contributed by atoms with Gasteiger partial charge in [0.05, 0.1) is 12.0 Å². The highest BCUT2D eigenvalue weighted by Crippen LogP contribution is 2.21. The highest BCUT2D eigenvalue weighted by atomic mass is 16.5. The predicted molar refractivity (Wildman–Crippen MR) is 96.2 cm³/mol. The topological polar surface area (TPSA) is 53.1 Å². The van der Waals surface area contributed by atoms with Gasteiger partial charge in [0.1, 0.15) is 0 Å². The first-order valence-electron chi connectivity index (χ1n) is 10.1. The molecule has 3 saturated heterocycles. The minimum Gasteiger partial charge on any atom is -0.377 e. The third-order valence-corrected chi connectivity index (χ3v) is 5.76. The maximum Gasteiger partial charge on any atom is 0.227 e. The zero-order valence-electron chi connectivity index (χ0n) is 15.6. The number of nitrogens with zero attached hydrogens (tertiary/aromatic N) is 3. The molecule has 6 nitrogen and oxygen atoms in total. The van der Waals surface area contributed by atoms with Crippen molar-refractivity contribution in [1.29, 1.82) is 0 Å². The molecule has 6 heteroatoms. The van der Waals surface area contributed by atoms with Crippen LogP contribution in [0.15, 0.2) is 0 Å². The lowest BCUT2D eigenvalue weighted by Crippen LogP contribution is -2.53. The standard InChI is InChI=1S/C19H33N3O3/c1-2-5-18(23)22-8-3-6-16(14-22)19(24)21-11-9-20(10-12-21)15-17-7-4-13-25-17/h16-17H,2-15H2,1H3. The zero-order chi connectivity index (χ0) is 17.6. The Morgan fingerprint density at radius 2 is 1.80 bits per heavy atom. The van der Waals surface area contributed by atoms with E-state index in [1.165, 1.54) is 12.8 Å². The van der Waals surface area contributed by atoms with Gasteiger partial charge in [0, 0.05) is 58.8 Å². The third-order valence-electron chi connectivity index (χ3n) is 5.76. The molecule has 3 aliphatic rings. The van der Waals surface area contributed by atoms with Gasteiger partial charge in [-0.25, -0.2) is 0 Å². The van der Waals surface area contributed by atoms with Crippen LogP contribution in [-0.2, 0) is 14.3 Å². The molecule has 0 saturated carbocycles. The Labute approximate surface area is 151 Å². The van der Waals surface area contributed by atoms with Gasteiger partial charge in [-0.3, -0.25) is 14.5 Å². The second-order valence-electron chi connectivity index (χ2n) is 7.69. The van der Waals surface area contributed by atoms with E-state index < -0.39 is 0 Å². The first-order valence-corrected chi connectivity index (χ1v) is 10.1. The Hall–Kier alpha value is -1.14. The summed E-state index contributed by atoms with van der Waals surface area (Å²) in [5.74, 6) is 0.464. The average molecular weight is 351 g/mol. The highest BCUT2D eigenvalue weighted by Gasteiger charge is 2.32. The number of likely N-dealkylation sites (tertiary alicyclic amines) is 1. The molecule has 2 amide bonds. The van der Waals surface area contributed by atoms with Crippen LogP contribution in [0.3, 0.4) is 0 Å². The third kappa shape index (κ3) is 4.94. The molecule has 3 aliphatic heterocycles. The number of piperazine rings is 1. The van der Waals surface area contributed by atoms with E-state index in [4.69, 9.17) is 4.74 Å². The second kappa shape index (κ2) is 8.99. The minimum atomic E-state index is -0.000674. The largest absolute Gasteiger partial charge is 0.377 e. The van der Waals surface area contributed by atoms with Gasteiger partial charge < -0.3 is 14.5 Å². The summed E-state index contributed by atoms with van der Waals surface area (Å²) in [6.07, 6.45) is 6.08. The monoisotopic (exact) mass is 351 g/mol. The van der Waals surface area contributed by atoms with Crippen LogP contribution in [-0.4, -0.2) is 85.0 Å². The molecular weight excluding hydrogens is 318 g/mol. The summed E-state index contributed by atoms with van der Waals surface area (Å²) in [5.41, 5.74) is 0. The quantitative estimate of drug-likeness (QED) is 0.750. The lowest BCUT2D eigenvalue weighted by molar-refractivity contribution is -0.142. The number of amides is 2. The van der Waals surface area contributed by atoms with E-state index in [1.54, 1.807) is 0 Å². The van der Waals surface area contributed by atoms with Crippen LogP contribution in [0.1, 0.15) is 45.4 Å². The van der Waals surface area contributed by atoms with E-state index in [9.17, 15) is 9.59 Å². The SMILES string of the molecule is CCCC(=O)N1CCCC(C(=O)N2CCN(CC3CCCO3)CC2)C1. The normalized spacial score (nSPS) is 28.4. The van der Waals surface area contributed by atoms with Crippen molar-refractivity contribution in [2.45, 2.75) is 51.6 Å². The van der Waals surface area contributed by atoms with Gasteiger partial charge in [-0.1, -0.05) is 6.92 Å². The molecule has 142 valence electrons. The van der Waals surface area contributed by atoms with Gasteiger partial charge in [0.2, 0.25) is 11.8 Å². The molecule has 3 heterocycles. The van der Waals surface area contributed by atoms with Gasteiger partial charge in [-0.15, -0.1) is 0 Å². The van der Waals surface area contributed by atoms with Crippen LogP contribution < -0.4 is 0 Å². The molecular formula is C19H33N3O3. The second-order valence-corrected chi connectivity index (χ2v) is 7.69. The summed E-state index contributed by atoms with van der Waals surface area (Å²) in [4.78, 5) is 31.4. The van der Waals surface area contributed by atoms with Crippen molar-refractivity contribution in [2.75, 3.05) is 52.4 Å². The lowest BCUT2D eigenvalue weighted by atomic mass is 9.95. The number of rotatable bonds is 5. The molecule has 0 N–H and O–H groups in total. The van der Waals surface area contributed by atoms with E-state index in [0.29, 0.717) is 19.1 Å². The van der Waals surface area contributed by atoms with Crippen LogP contribution >= 0.6 is 0 Å². The van der Waals surface area contributed by atoms with Crippen molar-refractivity contribution in [3.8, 4) is 0 Å². The molecule has 3 rings (SSSR count). The van der Waals surface area contributed by atoms with E-state index in [1.807, 2.05) is 16.7 Å². The van der Waals surface area contributed by atoms with Crippen molar-refractivity contribution in [3.05, 3.63) is 0 Å². The number of hydrogen-bond acceptors (Lipinski definition) is 4. The molecule has 2 unspecified atom stereocenters. The lowest BCUT2D eigenvalue weighted by Gasteiger charge is -2.39. The average Bonchev–Trinajstić information content (AvgIpc) is 3.15. The smallest absolute Gasteiger partial charge is 0.227 e. The summed E-state index contributed by atoms with van der Waals surface area (Å²) >= 11 is 0. The van der Waals surface area contributed by atoms with Gasteiger partial charge in [0.25, 0.3) is 0 Å². The summed E-state index contributed by atoms with van der Waals surface area (Å²) in [6.45, 7) is 8.87. The Balaban J connectivity index is 1.44. The highest BCUT2D eigenvalue weighted by molar-refractivity contribution is 5.81. The molecule has 0 spiro atoms. The minimum absolute atomic E-state index is 0.000674. The molecule has 0 aliphatic carbocycles. The molecule has 0 radical (unpaired) electrons. The summed E-state index contributed by atoms with van der Waals surface area (Å²) < 4.78 is 5.72. The Morgan fingerprint density at radius 1 is 1.00 bits per heavy atom. The van der Waals surface area contributed by atoms with Crippen LogP contribution in [0.2, 0.25) is 0 Å². The van der Waals surface area contributed by atoms with Crippen molar-refractivity contribution in [1.82, 2.24) is 14.7 Å². The number of hydrogen-bond donors (Lipinski definition) is 0. The van der Waals surface area contributed by atoms with Crippen LogP contribution in [0.5, 0.6) is 0 Å². The van der Waals surface area contributed by atoms with Crippen molar-refractivity contribution < 1.29 is 14.3 Å². The van der Waals surface area contributed by atoms with E-state index in [0.717, 1.165) is 65.1 Å². The molecule has 0 aromatic heterocycles. The Bertz CT molecular complexity index is 457. The fourth-order valence-corrected chi connectivity index (χ4v) is 4.26. The predicted octanol–water partition coefficient (Wildman–Crippen LogP) is 1.35. The van der Waals surface area contributed by atoms with Crippen LogP contribution in [0.25, 0.3) is 0 Å². The van der Waals surface area contributed by atoms with Crippen molar-refractivity contribution in [2.24, 2.45) is 5.92 Å². The summed E-state index contributed by atoms with van der Waals surface area (Å²) in [6, 6.07) is 0. The van der Waals surface area contributed by atoms with Crippen molar-refractivity contribution >= 4 is 11.8 Å². The van der Waals surface area contributed by atoms with Crippen molar-refractivity contribution in [3.63, 3.8) is 0 Å². The summed E-state index contributed by atoms with van der Waals surface area (Å²) in [7, 11) is 0. The van der Waals surface area contributed by atoms with E-state index in [2.05, 4.69) is 4.90 Å². The maximum atomic E-state index is 12.9. The van der Waals surface area contributed by atoms with E-state index >= 15 is 0 Å². The van der Waals surface area contributed by atoms with Crippen LogP contribution in [0, 0.1) is 5.92 Å². The van der Waals surface area contributed by atoms with Gasteiger partial charge in [-0.05, 0) is 32.1 Å². The molecule has 2 atom stereocenters. The fourth-order valence-electron chi connectivity index (χ4n) is 4.26. The van der Waals surface area contributed by atoms with Crippen LogP contribution in [0.4, 0.5) is 0 Å².